The number of nitrogens with zero attached hydrogens (tertiary/aromatic N) is 1. The maximum Gasteiger partial charge on any atom is 0.138 e. The fourth-order valence-corrected chi connectivity index (χ4v) is 1.23. The number of phenols is 1. The summed E-state index contributed by atoms with van der Waals surface area (Å²) in [4.78, 5) is 1.99. The summed E-state index contributed by atoms with van der Waals surface area (Å²) in [6.45, 7) is 1.33. The van der Waals surface area contributed by atoms with Gasteiger partial charge in [-0.15, -0.1) is 6.42 Å². The molecule has 0 heterocycles. The molecule has 0 spiro atoms. The molecule has 0 amide bonds. The summed E-state index contributed by atoms with van der Waals surface area (Å²) in [7, 11) is 1.93. The zero-order chi connectivity index (χ0) is 10.6. The average molecular weight is 190 g/mol. The number of benzene rings is 1. The Morgan fingerprint density at radius 2 is 2.29 bits per heavy atom. The van der Waals surface area contributed by atoms with Crippen molar-refractivity contribution in [1.29, 1.82) is 0 Å². The third kappa shape index (κ3) is 2.68. The molecule has 0 radical (unpaired) electrons. The van der Waals surface area contributed by atoms with Crippen molar-refractivity contribution in [2.24, 2.45) is 0 Å². The summed E-state index contributed by atoms with van der Waals surface area (Å²) in [6.07, 6.45) is 5.18. The van der Waals surface area contributed by atoms with Gasteiger partial charge in [-0.2, -0.15) is 0 Å². The number of anilines is 1. The molecule has 0 aliphatic heterocycles. The molecule has 0 saturated carbocycles. The summed E-state index contributed by atoms with van der Waals surface area (Å²) in [5.74, 6) is 2.68. The number of aromatic hydroxyl groups is 1. The van der Waals surface area contributed by atoms with Gasteiger partial charge in [0, 0.05) is 6.54 Å². The number of terminal acetylenes is 1. The molecular weight excluding hydrogens is 176 g/mol. The summed E-state index contributed by atoms with van der Waals surface area (Å²) >= 11 is 0. The Balaban J connectivity index is 2.69. The minimum absolute atomic E-state index is 0.119. The Labute approximate surface area is 84.1 Å². The van der Waals surface area contributed by atoms with Crippen LogP contribution in [0.15, 0.2) is 18.2 Å². The first-order chi connectivity index (χ1) is 6.63. The number of nitrogens with two attached hydrogens (primary N) is 1. The van der Waals surface area contributed by atoms with Gasteiger partial charge < -0.3 is 10.8 Å². The van der Waals surface area contributed by atoms with Crippen molar-refractivity contribution in [1.82, 2.24) is 4.90 Å². The first-order valence-corrected chi connectivity index (χ1v) is 4.33. The zero-order valence-corrected chi connectivity index (χ0v) is 8.20. The molecule has 0 unspecified atom stereocenters. The maximum atomic E-state index is 9.21. The molecule has 74 valence electrons. The number of phenolic OH excluding ortho intramolecular Hbond substituents is 1. The first-order valence-electron chi connectivity index (χ1n) is 4.33. The largest absolute Gasteiger partial charge is 0.506 e. The molecule has 0 bridgehead atoms. The smallest absolute Gasteiger partial charge is 0.138 e. The van der Waals surface area contributed by atoms with Crippen molar-refractivity contribution in [3.05, 3.63) is 23.8 Å². The summed E-state index contributed by atoms with van der Waals surface area (Å²) in [5.41, 5.74) is 7.00. The Kier molecular flexibility index (Phi) is 3.38. The molecule has 3 nitrogen and oxygen atoms in total. The maximum absolute atomic E-state index is 9.21. The Hall–Kier alpha value is -1.66. The van der Waals surface area contributed by atoms with Crippen molar-refractivity contribution in [2.45, 2.75) is 6.54 Å². The molecule has 0 aromatic heterocycles. The Bertz CT molecular complexity index is 355. The van der Waals surface area contributed by atoms with E-state index in [0.717, 1.165) is 12.1 Å². The number of hydrogen-bond donors (Lipinski definition) is 2. The number of rotatable bonds is 3. The van der Waals surface area contributed by atoms with Gasteiger partial charge in [-0.1, -0.05) is 12.0 Å². The van der Waals surface area contributed by atoms with E-state index in [2.05, 4.69) is 5.92 Å². The number of nitrogen functional groups attached to an aromatic ring is 1. The van der Waals surface area contributed by atoms with E-state index in [0.29, 0.717) is 12.2 Å². The molecule has 1 aromatic carbocycles. The standard InChI is InChI=1S/C11H14N2O/c1-3-6-13(2)8-9-4-5-11(14)10(12)7-9/h1,4-5,7,14H,6,8,12H2,2H3. The summed E-state index contributed by atoms with van der Waals surface area (Å²) < 4.78 is 0. The quantitative estimate of drug-likeness (QED) is 0.425. The minimum atomic E-state index is 0.119. The van der Waals surface area contributed by atoms with Crippen molar-refractivity contribution in [3.63, 3.8) is 0 Å². The van der Waals surface area contributed by atoms with Crippen LogP contribution in [0.5, 0.6) is 5.75 Å². The van der Waals surface area contributed by atoms with Crippen molar-refractivity contribution < 1.29 is 5.11 Å². The van der Waals surface area contributed by atoms with Gasteiger partial charge in [0.05, 0.1) is 12.2 Å². The highest BCUT2D eigenvalue weighted by atomic mass is 16.3. The van der Waals surface area contributed by atoms with Crippen LogP contribution < -0.4 is 5.73 Å². The van der Waals surface area contributed by atoms with Crippen LogP contribution in [0.25, 0.3) is 0 Å². The molecule has 14 heavy (non-hydrogen) atoms. The van der Waals surface area contributed by atoms with E-state index >= 15 is 0 Å². The molecular formula is C11H14N2O. The lowest BCUT2D eigenvalue weighted by Gasteiger charge is -2.13. The predicted octanol–water partition coefficient (Wildman–Crippen LogP) is 1.04. The van der Waals surface area contributed by atoms with Crippen molar-refractivity contribution in [2.75, 3.05) is 19.3 Å². The summed E-state index contributed by atoms with van der Waals surface area (Å²) in [6, 6.07) is 5.18. The van der Waals surface area contributed by atoms with E-state index in [1.54, 1.807) is 12.1 Å². The molecule has 0 atom stereocenters. The van der Waals surface area contributed by atoms with Gasteiger partial charge in [-0.25, -0.2) is 0 Å². The van der Waals surface area contributed by atoms with E-state index in [4.69, 9.17) is 12.2 Å². The summed E-state index contributed by atoms with van der Waals surface area (Å²) in [5, 5.41) is 9.21. The number of hydrogen-bond acceptors (Lipinski definition) is 3. The predicted molar refractivity (Wildman–Crippen MR) is 57.7 cm³/mol. The zero-order valence-electron chi connectivity index (χ0n) is 8.20. The lowest BCUT2D eigenvalue weighted by molar-refractivity contribution is 0.369. The highest BCUT2D eigenvalue weighted by Gasteiger charge is 2.01. The monoisotopic (exact) mass is 190 g/mol. The third-order valence-electron chi connectivity index (χ3n) is 1.91. The second-order valence-corrected chi connectivity index (χ2v) is 3.27. The first kappa shape index (κ1) is 10.4. The van der Waals surface area contributed by atoms with Crippen LogP contribution in [-0.2, 0) is 6.54 Å². The van der Waals surface area contributed by atoms with Crippen LogP contribution in [0.4, 0.5) is 5.69 Å². The van der Waals surface area contributed by atoms with Gasteiger partial charge in [-0.05, 0) is 24.7 Å². The van der Waals surface area contributed by atoms with Gasteiger partial charge in [0.25, 0.3) is 0 Å². The van der Waals surface area contributed by atoms with E-state index in [1.807, 2.05) is 18.0 Å². The molecule has 1 aromatic rings. The van der Waals surface area contributed by atoms with Gasteiger partial charge in [-0.3, -0.25) is 4.90 Å². The second kappa shape index (κ2) is 4.54. The van der Waals surface area contributed by atoms with Crippen LogP contribution in [0.1, 0.15) is 5.56 Å². The Morgan fingerprint density at radius 1 is 1.57 bits per heavy atom. The third-order valence-corrected chi connectivity index (χ3v) is 1.91. The fraction of sp³-hybridized carbons (Fsp3) is 0.273. The highest BCUT2D eigenvalue weighted by molar-refractivity contribution is 5.53. The molecule has 0 aliphatic carbocycles. The van der Waals surface area contributed by atoms with E-state index < -0.39 is 0 Å². The minimum Gasteiger partial charge on any atom is -0.506 e. The SMILES string of the molecule is C#CCN(C)Cc1ccc(O)c(N)c1. The second-order valence-electron chi connectivity index (χ2n) is 3.27. The van der Waals surface area contributed by atoms with Crippen LogP contribution in [-0.4, -0.2) is 23.6 Å². The van der Waals surface area contributed by atoms with Gasteiger partial charge in [0.15, 0.2) is 0 Å². The van der Waals surface area contributed by atoms with Crippen LogP contribution in [0.3, 0.4) is 0 Å². The van der Waals surface area contributed by atoms with Gasteiger partial charge in [0.1, 0.15) is 5.75 Å². The highest BCUT2D eigenvalue weighted by Crippen LogP contribution is 2.20. The molecule has 0 aliphatic rings. The molecule has 1 rings (SSSR count). The molecule has 3 heteroatoms. The van der Waals surface area contributed by atoms with Crippen molar-refractivity contribution >= 4 is 5.69 Å². The van der Waals surface area contributed by atoms with Crippen LogP contribution in [0.2, 0.25) is 0 Å². The normalized spacial score (nSPS) is 10.1. The molecule has 0 saturated heterocycles. The van der Waals surface area contributed by atoms with Crippen molar-refractivity contribution in [3.8, 4) is 18.1 Å². The van der Waals surface area contributed by atoms with Crippen LogP contribution in [0, 0.1) is 12.3 Å². The molecule has 3 N–H and O–H groups in total. The Morgan fingerprint density at radius 3 is 2.86 bits per heavy atom. The van der Waals surface area contributed by atoms with Gasteiger partial charge >= 0.3 is 0 Å². The fourth-order valence-electron chi connectivity index (χ4n) is 1.23. The van der Waals surface area contributed by atoms with Crippen LogP contribution >= 0.6 is 0 Å². The lowest BCUT2D eigenvalue weighted by Crippen LogP contribution is -2.17. The topological polar surface area (TPSA) is 49.5 Å². The lowest BCUT2D eigenvalue weighted by atomic mass is 10.2. The average Bonchev–Trinajstić information content (AvgIpc) is 2.12. The van der Waals surface area contributed by atoms with E-state index in [9.17, 15) is 5.11 Å². The van der Waals surface area contributed by atoms with Gasteiger partial charge in [0.2, 0.25) is 0 Å². The van der Waals surface area contributed by atoms with E-state index in [1.165, 1.54) is 0 Å². The van der Waals surface area contributed by atoms with E-state index in [-0.39, 0.29) is 5.75 Å². The molecule has 0 fully saturated rings.